The largest absolute Gasteiger partial charge is 0.489 e. The second-order valence-electron chi connectivity index (χ2n) is 5.56. The number of primary amides is 1. The molecule has 0 bridgehead atoms. The lowest BCUT2D eigenvalue weighted by Crippen LogP contribution is -2.37. The first kappa shape index (κ1) is 17.1. The van der Waals surface area contributed by atoms with Crippen molar-refractivity contribution in [3.05, 3.63) is 58.6 Å². The first-order valence-corrected chi connectivity index (χ1v) is 8.18. The van der Waals surface area contributed by atoms with Crippen LogP contribution in [0.5, 0.6) is 11.5 Å². The van der Waals surface area contributed by atoms with Gasteiger partial charge in [0.15, 0.2) is 11.5 Å². The third kappa shape index (κ3) is 3.85. The molecular weight excluding hydrogens is 344 g/mol. The van der Waals surface area contributed by atoms with Crippen LogP contribution < -0.4 is 20.5 Å². The van der Waals surface area contributed by atoms with E-state index >= 15 is 0 Å². The molecule has 3 rings (SSSR count). The first-order valence-electron chi connectivity index (χ1n) is 7.80. The van der Waals surface area contributed by atoms with Gasteiger partial charge >= 0.3 is 0 Å². The number of rotatable bonds is 4. The number of benzene rings is 2. The van der Waals surface area contributed by atoms with Gasteiger partial charge in [-0.25, -0.2) is 0 Å². The van der Waals surface area contributed by atoms with Crippen molar-refractivity contribution in [2.75, 3.05) is 13.2 Å². The molecule has 1 aliphatic heterocycles. The lowest BCUT2D eigenvalue weighted by atomic mass is 10.1. The summed E-state index contributed by atoms with van der Waals surface area (Å²) in [7, 11) is 0. The molecule has 0 saturated heterocycles. The second-order valence-corrected chi connectivity index (χ2v) is 5.96. The van der Waals surface area contributed by atoms with Gasteiger partial charge in [-0.2, -0.15) is 0 Å². The standard InChI is InChI=1S/C18H17ClN2O4/c19-13-9-12(10-14-16(13)25-8-4-7-24-14)18(23)21-15(17(20)22)11-5-2-1-3-6-11/h1-3,5-6,9-10,15H,4,7-8H2,(H2,20,22)(H,21,23)/t15-/m1/s1. The fraction of sp³-hybridized carbons (Fsp3) is 0.222. The zero-order valence-corrected chi connectivity index (χ0v) is 14.1. The Kier molecular flexibility index (Phi) is 5.09. The highest BCUT2D eigenvalue weighted by molar-refractivity contribution is 6.32. The number of hydrogen-bond acceptors (Lipinski definition) is 4. The van der Waals surface area contributed by atoms with E-state index in [4.69, 9.17) is 26.8 Å². The fourth-order valence-electron chi connectivity index (χ4n) is 2.54. The number of nitrogens with two attached hydrogens (primary N) is 1. The Labute approximate surface area is 149 Å². The molecule has 6 nitrogen and oxygen atoms in total. The zero-order valence-electron chi connectivity index (χ0n) is 13.3. The molecule has 1 atom stereocenters. The number of fused-ring (bicyclic) bond motifs is 1. The molecule has 1 aliphatic rings. The summed E-state index contributed by atoms with van der Waals surface area (Å²) in [5, 5.41) is 2.91. The van der Waals surface area contributed by atoms with Crippen LogP contribution >= 0.6 is 11.6 Å². The Bertz CT molecular complexity index is 795. The average molecular weight is 361 g/mol. The summed E-state index contributed by atoms with van der Waals surface area (Å²) in [4.78, 5) is 24.3. The van der Waals surface area contributed by atoms with Crippen molar-refractivity contribution in [1.29, 1.82) is 0 Å². The lowest BCUT2D eigenvalue weighted by Gasteiger charge is -2.17. The summed E-state index contributed by atoms with van der Waals surface area (Å²) in [5.41, 5.74) is 6.29. The van der Waals surface area contributed by atoms with Crippen LogP contribution in [0.2, 0.25) is 5.02 Å². The SMILES string of the molecule is NC(=O)[C@H](NC(=O)c1cc(Cl)c2c(c1)OCCCO2)c1ccccc1. The minimum Gasteiger partial charge on any atom is -0.489 e. The molecule has 7 heteroatoms. The van der Waals surface area contributed by atoms with Crippen molar-refractivity contribution in [3.63, 3.8) is 0 Å². The summed E-state index contributed by atoms with van der Waals surface area (Å²) in [6.45, 7) is 0.971. The van der Waals surface area contributed by atoms with Gasteiger partial charge in [-0.3, -0.25) is 9.59 Å². The normalized spacial score (nSPS) is 14.3. The maximum Gasteiger partial charge on any atom is 0.252 e. The highest BCUT2D eigenvalue weighted by Crippen LogP contribution is 2.38. The van der Waals surface area contributed by atoms with E-state index in [1.54, 1.807) is 30.3 Å². The van der Waals surface area contributed by atoms with Crippen molar-refractivity contribution < 1.29 is 19.1 Å². The topological polar surface area (TPSA) is 90.7 Å². The van der Waals surface area contributed by atoms with Crippen molar-refractivity contribution in [1.82, 2.24) is 5.32 Å². The van der Waals surface area contributed by atoms with Crippen LogP contribution in [0.15, 0.2) is 42.5 Å². The lowest BCUT2D eigenvalue weighted by molar-refractivity contribution is -0.120. The molecule has 0 aliphatic carbocycles. The molecule has 0 radical (unpaired) electrons. The molecular formula is C18H17ClN2O4. The van der Waals surface area contributed by atoms with Crippen LogP contribution in [0, 0.1) is 0 Å². The van der Waals surface area contributed by atoms with Gasteiger partial charge in [0.2, 0.25) is 5.91 Å². The molecule has 2 amide bonds. The van der Waals surface area contributed by atoms with Gasteiger partial charge in [-0.15, -0.1) is 0 Å². The van der Waals surface area contributed by atoms with Gasteiger partial charge < -0.3 is 20.5 Å². The van der Waals surface area contributed by atoms with E-state index in [2.05, 4.69) is 5.32 Å². The van der Waals surface area contributed by atoms with Gasteiger partial charge in [0.05, 0.1) is 18.2 Å². The predicted octanol–water partition coefficient (Wildman–Crippen LogP) is 2.46. The number of carbonyl (C=O) groups excluding carboxylic acids is 2. The number of ether oxygens (including phenoxy) is 2. The Morgan fingerprint density at radius 1 is 1.12 bits per heavy atom. The van der Waals surface area contributed by atoms with Gasteiger partial charge in [0.1, 0.15) is 6.04 Å². The molecule has 0 fully saturated rings. The molecule has 0 saturated carbocycles. The predicted molar refractivity (Wildman–Crippen MR) is 92.9 cm³/mol. The van der Waals surface area contributed by atoms with Crippen LogP contribution in [-0.2, 0) is 4.79 Å². The first-order chi connectivity index (χ1) is 12.1. The van der Waals surface area contributed by atoms with Gasteiger partial charge in [-0.05, 0) is 17.7 Å². The van der Waals surface area contributed by atoms with Crippen molar-refractivity contribution in [2.45, 2.75) is 12.5 Å². The molecule has 130 valence electrons. The van der Waals surface area contributed by atoms with Crippen LogP contribution in [0.3, 0.4) is 0 Å². The Morgan fingerprint density at radius 2 is 1.84 bits per heavy atom. The van der Waals surface area contributed by atoms with Crippen LogP contribution in [0.4, 0.5) is 0 Å². The molecule has 3 N–H and O–H groups in total. The van der Waals surface area contributed by atoms with E-state index in [1.165, 1.54) is 6.07 Å². The van der Waals surface area contributed by atoms with E-state index in [9.17, 15) is 9.59 Å². The highest BCUT2D eigenvalue weighted by atomic mass is 35.5. The van der Waals surface area contributed by atoms with Crippen LogP contribution in [0.25, 0.3) is 0 Å². The number of hydrogen-bond donors (Lipinski definition) is 2. The van der Waals surface area contributed by atoms with Crippen molar-refractivity contribution >= 4 is 23.4 Å². The van der Waals surface area contributed by atoms with E-state index < -0.39 is 17.9 Å². The summed E-state index contributed by atoms with van der Waals surface area (Å²) < 4.78 is 11.1. The number of amides is 2. The highest BCUT2D eigenvalue weighted by Gasteiger charge is 2.23. The summed E-state index contributed by atoms with van der Waals surface area (Å²) in [6, 6.07) is 10.9. The minimum atomic E-state index is -0.941. The molecule has 0 spiro atoms. The monoisotopic (exact) mass is 360 g/mol. The Morgan fingerprint density at radius 3 is 2.56 bits per heavy atom. The number of nitrogens with one attached hydrogen (secondary N) is 1. The van der Waals surface area contributed by atoms with E-state index in [1.807, 2.05) is 6.07 Å². The average Bonchev–Trinajstić information content (AvgIpc) is 2.85. The maximum absolute atomic E-state index is 12.6. The molecule has 0 aromatic heterocycles. The molecule has 25 heavy (non-hydrogen) atoms. The minimum absolute atomic E-state index is 0.261. The summed E-state index contributed by atoms with van der Waals surface area (Å²) in [6.07, 6.45) is 0.726. The fourth-order valence-corrected chi connectivity index (χ4v) is 2.81. The summed E-state index contributed by atoms with van der Waals surface area (Å²) >= 11 is 6.20. The molecule has 2 aromatic rings. The van der Waals surface area contributed by atoms with Crippen molar-refractivity contribution in [2.24, 2.45) is 5.73 Å². The Balaban J connectivity index is 1.86. The molecule has 1 heterocycles. The smallest absolute Gasteiger partial charge is 0.252 e. The van der Waals surface area contributed by atoms with Crippen LogP contribution in [-0.4, -0.2) is 25.0 Å². The zero-order chi connectivity index (χ0) is 17.8. The third-order valence-corrected chi connectivity index (χ3v) is 4.04. The van der Waals surface area contributed by atoms with Crippen molar-refractivity contribution in [3.8, 4) is 11.5 Å². The van der Waals surface area contributed by atoms with Gasteiger partial charge in [-0.1, -0.05) is 41.9 Å². The van der Waals surface area contributed by atoms with E-state index in [0.29, 0.717) is 30.3 Å². The van der Waals surface area contributed by atoms with Crippen LogP contribution in [0.1, 0.15) is 28.4 Å². The van der Waals surface area contributed by atoms with Gasteiger partial charge in [0, 0.05) is 12.0 Å². The Hall–Kier alpha value is -2.73. The quantitative estimate of drug-likeness (QED) is 0.876. The van der Waals surface area contributed by atoms with E-state index in [0.717, 1.165) is 6.42 Å². The van der Waals surface area contributed by atoms with Gasteiger partial charge in [0.25, 0.3) is 5.91 Å². The molecule has 2 aromatic carbocycles. The third-order valence-electron chi connectivity index (χ3n) is 3.76. The number of halogens is 1. The van der Waals surface area contributed by atoms with E-state index in [-0.39, 0.29) is 10.6 Å². The maximum atomic E-state index is 12.6. The number of carbonyl (C=O) groups is 2. The second kappa shape index (κ2) is 7.44. The summed E-state index contributed by atoms with van der Waals surface area (Å²) in [5.74, 6) is -0.305. The molecule has 0 unspecified atom stereocenters.